The SMILES string of the molecule is CC[Si](CC)(O[SiH3])C(C)C. The van der Waals surface area contributed by atoms with Crippen LogP contribution in [0.25, 0.3) is 0 Å². The van der Waals surface area contributed by atoms with Gasteiger partial charge in [-0.1, -0.05) is 27.7 Å². The first kappa shape index (κ1) is 10.4. The quantitative estimate of drug-likeness (QED) is 0.592. The normalized spacial score (nSPS) is 12.9. The van der Waals surface area contributed by atoms with Gasteiger partial charge in [0.1, 0.15) is 10.5 Å². The van der Waals surface area contributed by atoms with Gasteiger partial charge in [-0.15, -0.1) is 0 Å². The maximum atomic E-state index is 5.78. The molecule has 0 aliphatic heterocycles. The monoisotopic (exact) mass is 176 g/mol. The minimum atomic E-state index is -1.23. The van der Waals surface area contributed by atoms with E-state index in [0.717, 1.165) is 16.0 Å². The van der Waals surface area contributed by atoms with E-state index in [2.05, 4.69) is 27.7 Å². The van der Waals surface area contributed by atoms with Crippen LogP contribution in [-0.2, 0) is 4.12 Å². The van der Waals surface area contributed by atoms with E-state index in [1.807, 2.05) is 0 Å². The second kappa shape index (κ2) is 4.31. The van der Waals surface area contributed by atoms with Gasteiger partial charge in [-0.2, -0.15) is 0 Å². The lowest BCUT2D eigenvalue weighted by Crippen LogP contribution is -2.39. The van der Waals surface area contributed by atoms with Crippen LogP contribution in [0, 0.1) is 0 Å². The van der Waals surface area contributed by atoms with Gasteiger partial charge in [0.15, 0.2) is 8.32 Å². The third kappa shape index (κ3) is 1.94. The smallest absolute Gasteiger partial charge is 0.181 e. The van der Waals surface area contributed by atoms with Crippen molar-refractivity contribution in [1.82, 2.24) is 0 Å². The van der Waals surface area contributed by atoms with Gasteiger partial charge in [0.2, 0.25) is 0 Å². The molecule has 1 nitrogen and oxygen atoms in total. The highest BCUT2D eigenvalue weighted by Crippen LogP contribution is 2.28. The van der Waals surface area contributed by atoms with Gasteiger partial charge in [0.25, 0.3) is 0 Å². The maximum absolute atomic E-state index is 5.78. The van der Waals surface area contributed by atoms with Crippen molar-refractivity contribution in [1.29, 1.82) is 0 Å². The molecule has 10 heavy (non-hydrogen) atoms. The highest BCUT2D eigenvalue weighted by molar-refractivity contribution is 6.77. The Bertz CT molecular complexity index is 81.3. The van der Waals surface area contributed by atoms with E-state index in [-0.39, 0.29) is 0 Å². The largest absolute Gasteiger partial charge is 0.463 e. The van der Waals surface area contributed by atoms with Crippen molar-refractivity contribution in [3.05, 3.63) is 0 Å². The number of hydrogen-bond donors (Lipinski definition) is 0. The molecule has 0 aromatic heterocycles. The van der Waals surface area contributed by atoms with Crippen molar-refractivity contribution in [2.45, 2.75) is 45.3 Å². The maximum Gasteiger partial charge on any atom is 0.181 e. The number of rotatable bonds is 4. The zero-order valence-electron chi connectivity index (χ0n) is 7.90. The molecule has 62 valence electrons. The van der Waals surface area contributed by atoms with Crippen molar-refractivity contribution in [3.63, 3.8) is 0 Å². The Hall–Kier alpha value is 0.394. The first-order valence-corrected chi connectivity index (χ1v) is 7.39. The molecule has 0 unspecified atom stereocenters. The summed E-state index contributed by atoms with van der Waals surface area (Å²) in [4.78, 5) is 0. The minimum Gasteiger partial charge on any atom is -0.463 e. The first-order chi connectivity index (χ1) is 4.63. The summed E-state index contributed by atoms with van der Waals surface area (Å²) < 4.78 is 5.78. The van der Waals surface area contributed by atoms with Gasteiger partial charge in [-0.3, -0.25) is 0 Å². The summed E-state index contributed by atoms with van der Waals surface area (Å²) in [5.41, 5.74) is 0.792. The molecule has 0 spiro atoms. The summed E-state index contributed by atoms with van der Waals surface area (Å²) in [6.45, 7) is 9.15. The second-order valence-electron chi connectivity index (χ2n) is 3.13. The molecule has 0 saturated heterocycles. The van der Waals surface area contributed by atoms with Gasteiger partial charge in [0.05, 0.1) is 0 Å². The summed E-state index contributed by atoms with van der Waals surface area (Å²) in [5.74, 6) is 0. The molecular formula is C7H20OSi2. The minimum absolute atomic E-state index is 0.792. The summed E-state index contributed by atoms with van der Waals surface area (Å²) >= 11 is 0. The van der Waals surface area contributed by atoms with Crippen LogP contribution in [0.3, 0.4) is 0 Å². The Labute approximate surface area is 68.8 Å². The summed E-state index contributed by atoms with van der Waals surface area (Å²) in [6, 6.07) is 2.56. The summed E-state index contributed by atoms with van der Waals surface area (Å²) in [6.07, 6.45) is 0. The molecule has 0 atom stereocenters. The zero-order chi connectivity index (χ0) is 8.20. The van der Waals surface area contributed by atoms with Gasteiger partial charge >= 0.3 is 0 Å². The zero-order valence-corrected chi connectivity index (χ0v) is 10.9. The molecule has 0 aromatic rings. The van der Waals surface area contributed by atoms with Crippen LogP contribution in [0.4, 0.5) is 0 Å². The van der Waals surface area contributed by atoms with E-state index >= 15 is 0 Å². The predicted molar refractivity (Wildman–Crippen MR) is 52.8 cm³/mol. The van der Waals surface area contributed by atoms with E-state index in [0.29, 0.717) is 0 Å². The van der Waals surface area contributed by atoms with Crippen molar-refractivity contribution < 1.29 is 4.12 Å². The average Bonchev–Trinajstić information content (AvgIpc) is 1.92. The fraction of sp³-hybridized carbons (Fsp3) is 1.00. The van der Waals surface area contributed by atoms with Crippen molar-refractivity contribution >= 4 is 18.8 Å². The molecule has 0 aliphatic carbocycles. The summed E-state index contributed by atoms with van der Waals surface area (Å²) in [5, 5.41) is 0. The van der Waals surface area contributed by atoms with E-state index in [4.69, 9.17) is 4.12 Å². The van der Waals surface area contributed by atoms with E-state index < -0.39 is 8.32 Å². The third-order valence-corrected chi connectivity index (χ3v) is 10.4. The molecule has 0 saturated carbocycles. The van der Waals surface area contributed by atoms with Crippen LogP contribution in [0.2, 0.25) is 17.6 Å². The van der Waals surface area contributed by atoms with Gasteiger partial charge in [-0.05, 0) is 17.6 Å². The molecule has 0 aliphatic rings. The van der Waals surface area contributed by atoms with Crippen LogP contribution in [0.15, 0.2) is 0 Å². The lowest BCUT2D eigenvalue weighted by Gasteiger charge is -2.31. The predicted octanol–water partition coefficient (Wildman–Crippen LogP) is 1.68. The Kier molecular flexibility index (Phi) is 4.48. The molecule has 0 bridgehead atoms. The van der Waals surface area contributed by atoms with Gasteiger partial charge in [0, 0.05) is 0 Å². The molecule has 0 radical (unpaired) electrons. The molecular weight excluding hydrogens is 156 g/mol. The van der Waals surface area contributed by atoms with Crippen molar-refractivity contribution in [3.8, 4) is 0 Å². The average molecular weight is 176 g/mol. The Balaban J connectivity index is 4.15. The molecule has 0 heterocycles. The van der Waals surface area contributed by atoms with Gasteiger partial charge in [-0.25, -0.2) is 0 Å². The number of hydrogen-bond acceptors (Lipinski definition) is 1. The van der Waals surface area contributed by atoms with Crippen LogP contribution in [0.5, 0.6) is 0 Å². The molecule has 0 amide bonds. The highest BCUT2D eigenvalue weighted by atomic mass is 28.4. The molecule has 0 fully saturated rings. The first-order valence-electron chi connectivity index (χ1n) is 4.18. The molecule has 0 aromatic carbocycles. The van der Waals surface area contributed by atoms with E-state index in [1.165, 1.54) is 12.1 Å². The second-order valence-corrected chi connectivity index (χ2v) is 9.46. The van der Waals surface area contributed by atoms with E-state index in [1.54, 1.807) is 0 Å². The standard InChI is InChI=1S/C7H20OSi2/c1-5-10(6-2,8-9)7(3)4/h7H,5-6H2,1-4,9H3. The molecule has 3 heteroatoms. The van der Waals surface area contributed by atoms with Crippen LogP contribution in [-0.4, -0.2) is 18.8 Å². The van der Waals surface area contributed by atoms with Crippen molar-refractivity contribution in [2.75, 3.05) is 0 Å². The van der Waals surface area contributed by atoms with Crippen LogP contribution >= 0.6 is 0 Å². The van der Waals surface area contributed by atoms with Crippen molar-refractivity contribution in [2.24, 2.45) is 0 Å². The van der Waals surface area contributed by atoms with Crippen LogP contribution in [0.1, 0.15) is 27.7 Å². The third-order valence-electron chi connectivity index (χ3n) is 2.66. The fourth-order valence-electron chi connectivity index (χ4n) is 1.59. The summed E-state index contributed by atoms with van der Waals surface area (Å²) in [7, 11) is -0.308. The Morgan fingerprint density at radius 3 is 1.70 bits per heavy atom. The van der Waals surface area contributed by atoms with Crippen LogP contribution < -0.4 is 0 Å². The lowest BCUT2D eigenvalue weighted by atomic mass is 10.6. The fourth-order valence-corrected chi connectivity index (χ4v) is 7.92. The Morgan fingerprint density at radius 1 is 1.30 bits per heavy atom. The highest BCUT2D eigenvalue weighted by Gasteiger charge is 2.32. The molecule has 0 N–H and O–H groups in total. The topological polar surface area (TPSA) is 9.23 Å². The van der Waals surface area contributed by atoms with E-state index in [9.17, 15) is 0 Å². The Morgan fingerprint density at radius 2 is 1.70 bits per heavy atom. The molecule has 0 rings (SSSR count). The lowest BCUT2D eigenvalue weighted by molar-refractivity contribution is 0.564. The van der Waals surface area contributed by atoms with Gasteiger partial charge < -0.3 is 4.12 Å².